The van der Waals surface area contributed by atoms with Crippen molar-refractivity contribution in [3.05, 3.63) is 48.6 Å². The van der Waals surface area contributed by atoms with Gasteiger partial charge in [0.05, 0.1) is 19.8 Å². The van der Waals surface area contributed by atoms with Gasteiger partial charge in [0.1, 0.15) is 30.5 Å². The minimum absolute atomic E-state index is 0.116. The van der Waals surface area contributed by atoms with Crippen molar-refractivity contribution in [3.63, 3.8) is 0 Å². The van der Waals surface area contributed by atoms with Crippen LogP contribution in [-0.2, 0) is 23.7 Å². The molecule has 0 spiro atoms. The number of ether oxygens (including phenoxy) is 4. The summed E-state index contributed by atoms with van der Waals surface area (Å²) in [4.78, 5) is 12.9. The first kappa shape index (κ1) is 63.2. The van der Waals surface area contributed by atoms with Gasteiger partial charge in [-0.1, -0.05) is 217 Å². The van der Waals surface area contributed by atoms with Crippen LogP contribution in [0, 0.1) is 0 Å². The molecule has 4 N–H and O–H groups in total. The Morgan fingerprint density at radius 1 is 0.478 bits per heavy atom. The molecule has 67 heavy (non-hydrogen) atoms. The highest BCUT2D eigenvalue weighted by molar-refractivity contribution is 5.69. The van der Waals surface area contributed by atoms with Gasteiger partial charge in [0.25, 0.3) is 0 Å². The smallest absolute Gasteiger partial charge is 0.306 e. The van der Waals surface area contributed by atoms with Gasteiger partial charge in [-0.05, 0) is 77.0 Å². The molecule has 0 aliphatic carbocycles. The Labute approximate surface area is 412 Å². The minimum Gasteiger partial charge on any atom is -0.457 e. The number of unbranched alkanes of at least 4 members (excludes halogenated alkanes) is 30. The standard InChI is InChI=1S/C58H106O9/c1-3-5-7-9-11-13-15-17-19-21-23-24-25-26-27-28-29-30-32-34-36-38-40-42-44-46-48-64-50-52(51-65-58-57(63)56(62)55(61)53(49-59)67-58)66-54(60)47-45-43-41-39-37-35-33-31-22-20-18-16-14-12-10-8-6-4-2/h15,17,20-23,25-26,52-53,55-59,61-63H,3-14,16,18-19,24,27-51H2,1-2H3/b17-15-,22-20-,23-21-,26-25-. The molecule has 9 nitrogen and oxygen atoms in total. The summed E-state index contributed by atoms with van der Waals surface area (Å²) in [7, 11) is 0. The van der Waals surface area contributed by atoms with Gasteiger partial charge >= 0.3 is 5.97 Å². The molecule has 6 unspecified atom stereocenters. The lowest BCUT2D eigenvalue weighted by atomic mass is 9.99. The first-order chi connectivity index (χ1) is 32.9. The van der Waals surface area contributed by atoms with Gasteiger partial charge < -0.3 is 39.4 Å². The van der Waals surface area contributed by atoms with Crippen LogP contribution >= 0.6 is 0 Å². The number of aliphatic hydroxyl groups excluding tert-OH is 4. The van der Waals surface area contributed by atoms with E-state index in [1.54, 1.807) is 0 Å². The van der Waals surface area contributed by atoms with E-state index in [4.69, 9.17) is 18.9 Å². The number of rotatable bonds is 49. The average Bonchev–Trinajstić information content (AvgIpc) is 3.33. The molecule has 1 fully saturated rings. The van der Waals surface area contributed by atoms with Crippen LogP contribution in [0.3, 0.4) is 0 Å². The summed E-state index contributed by atoms with van der Waals surface area (Å²) in [5.74, 6) is -0.317. The first-order valence-electron chi connectivity index (χ1n) is 28.2. The zero-order valence-corrected chi connectivity index (χ0v) is 43.4. The fourth-order valence-corrected chi connectivity index (χ4v) is 8.55. The van der Waals surface area contributed by atoms with Gasteiger partial charge in [-0.3, -0.25) is 4.79 Å². The minimum atomic E-state index is -1.54. The fraction of sp³-hybridized carbons (Fsp3) is 0.845. The Morgan fingerprint density at radius 2 is 0.866 bits per heavy atom. The molecule has 0 aromatic carbocycles. The maximum Gasteiger partial charge on any atom is 0.306 e. The Bertz CT molecular complexity index is 1170. The van der Waals surface area contributed by atoms with Gasteiger partial charge in [0.2, 0.25) is 0 Å². The van der Waals surface area contributed by atoms with E-state index in [0.717, 1.165) is 44.9 Å². The first-order valence-corrected chi connectivity index (χ1v) is 28.2. The van der Waals surface area contributed by atoms with Crippen LogP contribution in [-0.4, -0.2) is 89.6 Å². The van der Waals surface area contributed by atoms with E-state index in [-0.39, 0.29) is 19.2 Å². The fourth-order valence-electron chi connectivity index (χ4n) is 8.55. The Morgan fingerprint density at radius 3 is 1.31 bits per heavy atom. The van der Waals surface area contributed by atoms with Crippen LogP contribution in [0.1, 0.15) is 251 Å². The number of esters is 1. The topological polar surface area (TPSA) is 135 Å². The van der Waals surface area contributed by atoms with Crippen LogP contribution in [0.25, 0.3) is 0 Å². The largest absolute Gasteiger partial charge is 0.457 e. The van der Waals surface area contributed by atoms with Crippen molar-refractivity contribution in [1.82, 2.24) is 0 Å². The summed E-state index contributed by atoms with van der Waals surface area (Å²) in [5.41, 5.74) is 0. The second-order valence-electron chi connectivity index (χ2n) is 19.4. The molecule has 6 atom stereocenters. The summed E-state index contributed by atoms with van der Waals surface area (Å²) in [5, 5.41) is 40.3. The highest BCUT2D eigenvalue weighted by Gasteiger charge is 2.44. The van der Waals surface area contributed by atoms with Crippen molar-refractivity contribution in [1.29, 1.82) is 0 Å². The zero-order valence-electron chi connectivity index (χ0n) is 43.4. The van der Waals surface area contributed by atoms with E-state index >= 15 is 0 Å². The Balaban J connectivity index is 2.16. The lowest BCUT2D eigenvalue weighted by Crippen LogP contribution is -2.59. The van der Waals surface area contributed by atoms with Crippen LogP contribution in [0.15, 0.2) is 48.6 Å². The normalized spacial score (nSPS) is 19.5. The number of hydrogen-bond acceptors (Lipinski definition) is 9. The lowest BCUT2D eigenvalue weighted by molar-refractivity contribution is -0.305. The monoisotopic (exact) mass is 947 g/mol. The Hall–Kier alpha value is -1.85. The molecule has 0 bridgehead atoms. The van der Waals surface area contributed by atoms with Crippen molar-refractivity contribution in [3.8, 4) is 0 Å². The SMILES string of the molecule is CCCCCCC/C=C\C/C=C\C/C=C\CCCCCCCCCCCCCOCC(COC1OC(CO)C(O)C(O)C1O)OC(=O)CCCCCCCCC/C=C\CCCCCCCCC. The van der Waals surface area contributed by atoms with Crippen LogP contribution in [0.2, 0.25) is 0 Å². The van der Waals surface area contributed by atoms with Gasteiger partial charge in [-0.25, -0.2) is 0 Å². The molecule has 9 heteroatoms. The summed E-state index contributed by atoms with van der Waals surface area (Å²) >= 11 is 0. The second-order valence-corrected chi connectivity index (χ2v) is 19.4. The van der Waals surface area contributed by atoms with E-state index in [2.05, 4.69) is 62.5 Å². The molecule has 1 rings (SSSR count). The second kappa shape index (κ2) is 49.1. The van der Waals surface area contributed by atoms with Crippen LogP contribution in [0.4, 0.5) is 0 Å². The van der Waals surface area contributed by atoms with E-state index in [0.29, 0.717) is 13.0 Å². The van der Waals surface area contributed by atoms with Gasteiger partial charge in [-0.2, -0.15) is 0 Å². The summed E-state index contributed by atoms with van der Waals surface area (Å²) < 4.78 is 22.9. The maximum atomic E-state index is 12.9. The highest BCUT2D eigenvalue weighted by Crippen LogP contribution is 2.23. The molecule has 392 valence electrons. The van der Waals surface area contributed by atoms with Gasteiger partial charge in [0, 0.05) is 13.0 Å². The summed E-state index contributed by atoms with van der Waals surface area (Å²) in [6.45, 7) is 4.56. The number of aliphatic hydroxyl groups is 4. The molecule has 1 aliphatic rings. The number of hydrogen-bond donors (Lipinski definition) is 4. The van der Waals surface area contributed by atoms with Gasteiger partial charge in [0.15, 0.2) is 6.29 Å². The van der Waals surface area contributed by atoms with Crippen molar-refractivity contribution < 1.29 is 44.2 Å². The molecule has 0 amide bonds. The van der Waals surface area contributed by atoms with Crippen molar-refractivity contribution in [2.75, 3.05) is 26.4 Å². The number of carbonyl (C=O) groups is 1. The zero-order chi connectivity index (χ0) is 48.5. The third-order valence-electron chi connectivity index (χ3n) is 13.0. The number of allylic oxidation sites excluding steroid dienone is 8. The summed E-state index contributed by atoms with van der Waals surface area (Å²) in [6, 6.07) is 0. The molecule has 0 radical (unpaired) electrons. The van der Waals surface area contributed by atoms with E-state index in [1.807, 2.05) is 0 Å². The van der Waals surface area contributed by atoms with Crippen molar-refractivity contribution in [2.45, 2.75) is 288 Å². The molecular formula is C58H106O9. The maximum absolute atomic E-state index is 12.9. The molecule has 0 aromatic rings. The number of carbonyl (C=O) groups excluding carboxylic acids is 1. The van der Waals surface area contributed by atoms with E-state index in [1.165, 1.54) is 186 Å². The molecule has 1 aliphatic heterocycles. The quantitative estimate of drug-likeness (QED) is 0.0267. The Kier molecular flexibility index (Phi) is 46.3. The highest BCUT2D eigenvalue weighted by atomic mass is 16.7. The third-order valence-corrected chi connectivity index (χ3v) is 13.0. The predicted molar refractivity (Wildman–Crippen MR) is 279 cm³/mol. The lowest BCUT2D eigenvalue weighted by Gasteiger charge is -2.39. The van der Waals surface area contributed by atoms with Gasteiger partial charge in [-0.15, -0.1) is 0 Å². The third kappa shape index (κ3) is 39.6. The van der Waals surface area contributed by atoms with Crippen molar-refractivity contribution >= 4 is 5.97 Å². The molecule has 0 saturated carbocycles. The van der Waals surface area contributed by atoms with Crippen molar-refractivity contribution in [2.24, 2.45) is 0 Å². The van der Waals surface area contributed by atoms with Crippen LogP contribution in [0.5, 0.6) is 0 Å². The summed E-state index contributed by atoms with van der Waals surface area (Å²) in [6.07, 6.45) is 55.8. The van der Waals surface area contributed by atoms with E-state index < -0.39 is 43.4 Å². The molecule has 1 saturated heterocycles. The molecule has 0 aromatic heterocycles. The average molecular weight is 947 g/mol. The predicted octanol–water partition coefficient (Wildman–Crippen LogP) is 14.4. The molecule has 1 heterocycles. The molecular weight excluding hydrogens is 841 g/mol. The van der Waals surface area contributed by atoms with Crippen LogP contribution < -0.4 is 0 Å². The van der Waals surface area contributed by atoms with E-state index in [9.17, 15) is 25.2 Å².